The first-order valence-corrected chi connectivity index (χ1v) is 10.3. The summed E-state index contributed by atoms with van der Waals surface area (Å²) in [7, 11) is -2.86. The van der Waals surface area contributed by atoms with Crippen LogP contribution in [-0.4, -0.2) is 63.3 Å². The molecule has 12 nitrogen and oxygen atoms in total. The highest BCUT2D eigenvalue weighted by atomic mass is 31.1. The third-order valence-electron chi connectivity index (χ3n) is 4.28. The van der Waals surface area contributed by atoms with Gasteiger partial charge >= 0.3 is 11.7 Å². The fourth-order valence-electron chi connectivity index (χ4n) is 2.81. The summed E-state index contributed by atoms with van der Waals surface area (Å²) < 4.78 is 28.9. The van der Waals surface area contributed by atoms with Crippen molar-refractivity contribution in [1.29, 1.82) is 0 Å². The summed E-state index contributed by atoms with van der Waals surface area (Å²) in [4.78, 5) is 36.9. The minimum absolute atomic E-state index is 0.270. The largest absolute Gasteiger partial charge is 0.462 e. The van der Waals surface area contributed by atoms with Crippen LogP contribution < -0.4 is 16.3 Å². The Morgan fingerprint density at radius 3 is 2.69 bits per heavy atom. The average molecular weight is 435 g/mol. The third-order valence-corrected chi connectivity index (χ3v) is 5.37. The number of esters is 1. The Kier molecular flexibility index (Phi) is 8.32. The van der Waals surface area contributed by atoms with E-state index in [1.807, 2.05) is 4.98 Å². The lowest BCUT2D eigenvalue weighted by Gasteiger charge is -2.18. The average Bonchev–Trinajstić information content (AvgIpc) is 2.94. The molecule has 0 spiro atoms. The zero-order valence-corrected chi connectivity index (χ0v) is 17.2. The molecule has 0 amide bonds. The Bertz CT molecular complexity index is 839. The van der Waals surface area contributed by atoms with Gasteiger partial charge in [-0.15, -0.1) is 0 Å². The van der Waals surface area contributed by atoms with Crippen molar-refractivity contribution in [3.05, 3.63) is 33.1 Å². The minimum Gasteiger partial charge on any atom is -0.462 e. The summed E-state index contributed by atoms with van der Waals surface area (Å²) in [6, 6.07) is 0.232. The van der Waals surface area contributed by atoms with Crippen molar-refractivity contribution in [2.45, 2.75) is 51.4 Å². The highest BCUT2D eigenvalue weighted by Gasteiger charge is 2.44. The number of H-pyrrole nitrogens is 1. The molecule has 0 aliphatic carbocycles. The van der Waals surface area contributed by atoms with Crippen molar-refractivity contribution in [3.63, 3.8) is 0 Å². The van der Waals surface area contributed by atoms with E-state index in [0.717, 1.165) is 10.6 Å². The predicted octanol–water partition coefficient (Wildman–Crippen LogP) is -1.26. The van der Waals surface area contributed by atoms with Gasteiger partial charge in [0.2, 0.25) is 0 Å². The molecular formula is C16H26N3O9P. The van der Waals surface area contributed by atoms with Gasteiger partial charge in [0.15, 0.2) is 6.23 Å². The van der Waals surface area contributed by atoms with Gasteiger partial charge in [0.25, 0.3) is 13.7 Å². The molecule has 13 heteroatoms. The van der Waals surface area contributed by atoms with E-state index in [-0.39, 0.29) is 12.7 Å². The Hall–Kier alpha value is -1.82. The summed E-state index contributed by atoms with van der Waals surface area (Å²) in [5, 5.41) is 22.4. The molecule has 4 N–H and O–H groups in total. The van der Waals surface area contributed by atoms with Crippen LogP contribution in [0.25, 0.3) is 0 Å². The quantitative estimate of drug-likeness (QED) is 0.271. The van der Waals surface area contributed by atoms with E-state index < -0.39 is 62.4 Å². The summed E-state index contributed by atoms with van der Waals surface area (Å²) in [6.07, 6.45) is -2.47. The molecule has 2 rings (SSSR count). The fourth-order valence-corrected chi connectivity index (χ4v) is 3.68. The number of aromatic nitrogens is 2. The zero-order valence-electron chi connectivity index (χ0n) is 16.2. The lowest BCUT2D eigenvalue weighted by atomic mass is 9.99. The molecule has 1 aliphatic heterocycles. The van der Waals surface area contributed by atoms with Crippen molar-refractivity contribution in [2.75, 3.05) is 13.2 Å². The Labute approximate surface area is 166 Å². The van der Waals surface area contributed by atoms with Crippen molar-refractivity contribution in [3.8, 4) is 0 Å². The maximum Gasteiger partial charge on any atom is 0.330 e. The number of rotatable bonds is 9. The number of hydrogen-bond acceptors (Lipinski definition) is 9. The maximum absolute atomic E-state index is 12.1. The molecule has 1 unspecified atom stereocenters. The molecule has 1 saturated heterocycles. The molecule has 29 heavy (non-hydrogen) atoms. The number of aliphatic hydroxyl groups excluding tert-OH is 2. The van der Waals surface area contributed by atoms with Crippen LogP contribution in [0.2, 0.25) is 0 Å². The van der Waals surface area contributed by atoms with E-state index in [4.69, 9.17) is 14.0 Å². The highest BCUT2D eigenvalue weighted by Crippen LogP contribution is 2.34. The first-order chi connectivity index (χ1) is 13.6. The van der Waals surface area contributed by atoms with Crippen molar-refractivity contribution in [1.82, 2.24) is 14.6 Å². The normalized spacial score (nSPS) is 26.4. The Morgan fingerprint density at radius 2 is 2.10 bits per heavy atom. The number of nitrogens with zero attached hydrogens (tertiary/aromatic N) is 1. The predicted molar refractivity (Wildman–Crippen MR) is 101 cm³/mol. The molecular weight excluding hydrogens is 409 g/mol. The number of ether oxygens (including phenoxy) is 2. The van der Waals surface area contributed by atoms with Crippen LogP contribution in [0, 0.1) is 5.92 Å². The molecule has 1 aliphatic rings. The summed E-state index contributed by atoms with van der Waals surface area (Å²) in [6.45, 7) is 4.10. The number of aromatic amines is 1. The van der Waals surface area contributed by atoms with Crippen LogP contribution in [-0.2, 0) is 23.4 Å². The summed E-state index contributed by atoms with van der Waals surface area (Å²) >= 11 is 0. The van der Waals surface area contributed by atoms with E-state index in [9.17, 15) is 29.2 Å². The number of hydrogen-bond donors (Lipinski definition) is 4. The molecule has 2 heterocycles. The van der Waals surface area contributed by atoms with Crippen molar-refractivity contribution in [2.24, 2.45) is 5.92 Å². The van der Waals surface area contributed by atoms with Crippen LogP contribution in [0.5, 0.6) is 0 Å². The van der Waals surface area contributed by atoms with Gasteiger partial charge in [0.05, 0.1) is 25.4 Å². The first kappa shape index (κ1) is 23.5. The number of aliphatic hydroxyl groups is 2. The molecule has 0 radical (unpaired) electrons. The van der Waals surface area contributed by atoms with Gasteiger partial charge in [-0.3, -0.25) is 23.7 Å². The summed E-state index contributed by atoms with van der Waals surface area (Å²) in [5.41, 5.74) is -1.39. The molecule has 1 aromatic heterocycles. The van der Waals surface area contributed by atoms with Crippen LogP contribution >= 0.6 is 8.18 Å². The van der Waals surface area contributed by atoms with Crippen LogP contribution in [0.3, 0.4) is 0 Å². The van der Waals surface area contributed by atoms with Gasteiger partial charge in [-0.2, -0.15) is 0 Å². The third kappa shape index (κ3) is 6.08. The van der Waals surface area contributed by atoms with E-state index in [1.165, 1.54) is 13.1 Å². The number of nitrogens with one attached hydrogen (secondary N) is 2. The van der Waals surface area contributed by atoms with E-state index in [2.05, 4.69) is 5.09 Å². The van der Waals surface area contributed by atoms with Gasteiger partial charge in [0.1, 0.15) is 12.1 Å². The van der Waals surface area contributed by atoms with Gasteiger partial charge in [-0.05, 0) is 20.8 Å². The lowest BCUT2D eigenvalue weighted by molar-refractivity contribution is -0.149. The smallest absolute Gasteiger partial charge is 0.330 e. The first-order valence-electron chi connectivity index (χ1n) is 9.03. The zero-order chi connectivity index (χ0) is 21.7. The second kappa shape index (κ2) is 10.3. The monoisotopic (exact) mass is 435 g/mol. The molecule has 1 aromatic rings. The van der Waals surface area contributed by atoms with Crippen molar-refractivity contribution < 1.29 is 33.6 Å². The van der Waals surface area contributed by atoms with Gasteiger partial charge < -0.3 is 24.2 Å². The molecule has 6 atom stereocenters. The Morgan fingerprint density at radius 1 is 1.41 bits per heavy atom. The highest BCUT2D eigenvalue weighted by molar-refractivity contribution is 7.36. The summed E-state index contributed by atoms with van der Waals surface area (Å²) in [5.74, 6) is -1.41. The molecule has 1 fully saturated rings. The maximum atomic E-state index is 12.1. The van der Waals surface area contributed by atoms with Crippen LogP contribution in [0.15, 0.2) is 21.9 Å². The molecule has 0 aromatic carbocycles. The van der Waals surface area contributed by atoms with Crippen molar-refractivity contribution >= 4 is 14.1 Å². The fraction of sp³-hybridized carbons (Fsp3) is 0.688. The van der Waals surface area contributed by atoms with Gasteiger partial charge in [0, 0.05) is 18.2 Å². The SMILES string of the molecule is CC(C)OC(=O)[C@H](C)N[PH](=O)OC[C@H]1O[C@@H](n2ccc(=O)[nH]c2=O)[C@H](O)[C@@H]1CO. The minimum atomic E-state index is -2.86. The van der Waals surface area contributed by atoms with Gasteiger partial charge in [-0.1, -0.05) is 0 Å². The molecule has 164 valence electrons. The molecule has 0 bridgehead atoms. The van der Waals surface area contributed by atoms with E-state index in [0.29, 0.717) is 0 Å². The number of carbonyl (C=O) groups excluding carboxylic acids is 1. The second-order valence-corrected chi connectivity index (χ2v) is 8.02. The lowest BCUT2D eigenvalue weighted by Crippen LogP contribution is -2.36. The number of carbonyl (C=O) groups is 1. The second-order valence-electron chi connectivity index (χ2n) is 6.87. The van der Waals surface area contributed by atoms with E-state index >= 15 is 0 Å². The van der Waals surface area contributed by atoms with E-state index in [1.54, 1.807) is 13.8 Å². The standard InChI is InChI=1S/C16H26N3O9P/c1-8(2)27-15(23)9(3)18-29(25)26-7-11-10(6-20)13(22)14(28-11)19-5-4-12(21)17-16(19)24/h4-5,8-11,13-14,20,22,29H,6-7H2,1-3H3,(H,18,25)(H,17,21,24)/t9-,10+,11+,13+,14+/m0/s1. The van der Waals surface area contributed by atoms with Crippen LogP contribution in [0.4, 0.5) is 0 Å². The molecule has 0 saturated carbocycles. The Balaban J connectivity index is 1.98. The van der Waals surface area contributed by atoms with Crippen LogP contribution in [0.1, 0.15) is 27.0 Å². The topological polar surface area (TPSA) is 169 Å². The van der Waals surface area contributed by atoms with Gasteiger partial charge in [-0.25, -0.2) is 9.88 Å².